The lowest BCUT2D eigenvalue weighted by Gasteiger charge is -1.97. The normalized spacial score (nSPS) is 11.2. The van der Waals surface area contributed by atoms with Crippen molar-refractivity contribution < 1.29 is 4.79 Å². The first-order valence-electron chi connectivity index (χ1n) is 7.08. The number of fused-ring (bicyclic) bond motifs is 3. The van der Waals surface area contributed by atoms with Crippen LogP contribution >= 0.6 is 0 Å². The van der Waals surface area contributed by atoms with Gasteiger partial charge in [0.1, 0.15) is 5.69 Å². The number of nitrogens with one attached hydrogen (secondary N) is 2. The van der Waals surface area contributed by atoms with Crippen LogP contribution in [0.4, 0.5) is 4.79 Å². The Morgan fingerprint density at radius 3 is 2.74 bits per heavy atom. The third-order valence-corrected chi connectivity index (χ3v) is 3.78. The first-order valence-corrected chi connectivity index (χ1v) is 7.08. The quantitative estimate of drug-likeness (QED) is 0.562. The summed E-state index contributed by atoms with van der Waals surface area (Å²) >= 11 is 0. The van der Waals surface area contributed by atoms with Crippen molar-refractivity contribution in [1.82, 2.24) is 24.6 Å². The Morgan fingerprint density at radius 2 is 2.00 bits per heavy atom. The van der Waals surface area contributed by atoms with E-state index in [1.807, 2.05) is 30.3 Å². The van der Waals surface area contributed by atoms with Crippen LogP contribution in [0.3, 0.4) is 0 Å². The van der Waals surface area contributed by atoms with Gasteiger partial charge in [-0.3, -0.25) is 9.36 Å². The number of aromatic nitrogens is 4. The Hall–Kier alpha value is -3.35. The molecule has 114 valence electrons. The fourth-order valence-electron chi connectivity index (χ4n) is 2.64. The lowest BCUT2D eigenvalue weighted by Crippen LogP contribution is -2.22. The van der Waals surface area contributed by atoms with E-state index in [0.717, 1.165) is 10.9 Å². The summed E-state index contributed by atoms with van der Waals surface area (Å²) in [5.41, 5.74) is 2.29. The number of H-pyrrole nitrogens is 1. The number of nitrogens with zero attached hydrogens (tertiary/aromatic N) is 3. The molecular weight excluding hydrogens is 294 g/mol. The minimum Gasteiger partial charge on any atom is -0.359 e. The molecule has 2 N–H and O–H groups in total. The second-order valence-electron chi connectivity index (χ2n) is 5.15. The maximum atomic E-state index is 12.6. The van der Waals surface area contributed by atoms with E-state index in [-0.39, 0.29) is 11.6 Å². The van der Waals surface area contributed by atoms with Crippen LogP contribution in [0.25, 0.3) is 27.8 Å². The number of pyridine rings is 1. The van der Waals surface area contributed by atoms with Crippen molar-refractivity contribution >= 4 is 16.9 Å². The van der Waals surface area contributed by atoms with Gasteiger partial charge < -0.3 is 10.3 Å². The maximum Gasteiger partial charge on any atom is 0.325 e. The number of hydrogen-bond acceptors (Lipinski definition) is 3. The lowest BCUT2D eigenvalue weighted by atomic mass is 10.1. The molecule has 0 aliphatic carbocycles. The van der Waals surface area contributed by atoms with E-state index in [0.29, 0.717) is 16.9 Å². The van der Waals surface area contributed by atoms with Crippen molar-refractivity contribution in [3.05, 3.63) is 59.3 Å². The average Bonchev–Trinajstić information content (AvgIpc) is 3.16. The standard InChI is InChI=1S/C16H13N5O2/c1-17-16(23)20-8-12-13(9-20)18-7-11-14(12)19-21(15(11)22)10-5-3-2-4-6-10/h2-9,18H,1H3,(H,17,23). The highest BCUT2D eigenvalue weighted by Gasteiger charge is 2.20. The van der Waals surface area contributed by atoms with Gasteiger partial charge in [0.05, 0.1) is 16.8 Å². The molecule has 0 bridgehead atoms. The predicted octanol–water partition coefficient (Wildman–Crippen LogP) is 1.81. The lowest BCUT2D eigenvalue weighted by molar-refractivity contribution is 0.244. The van der Waals surface area contributed by atoms with Gasteiger partial charge in [0.15, 0.2) is 0 Å². The van der Waals surface area contributed by atoms with E-state index in [4.69, 9.17) is 0 Å². The van der Waals surface area contributed by atoms with Crippen molar-refractivity contribution in [3.8, 4) is 16.9 Å². The molecule has 0 fully saturated rings. The molecule has 4 rings (SSSR count). The molecule has 0 radical (unpaired) electrons. The number of carbonyl (C=O) groups excluding carboxylic acids is 1. The van der Waals surface area contributed by atoms with Crippen LogP contribution in [0.5, 0.6) is 0 Å². The highest BCUT2D eigenvalue weighted by Crippen LogP contribution is 2.26. The van der Waals surface area contributed by atoms with Crippen molar-refractivity contribution in [2.24, 2.45) is 0 Å². The fraction of sp³-hybridized carbons (Fsp3) is 0.0625. The number of carbonyl (C=O) groups is 1. The number of aromatic amines is 1. The molecule has 7 heteroatoms. The van der Waals surface area contributed by atoms with Gasteiger partial charge in [-0.1, -0.05) is 18.2 Å². The van der Waals surface area contributed by atoms with E-state index in [9.17, 15) is 9.59 Å². The summed E-state index contributed by atoms with van der Waals surface area (Å²) in [6.45, 7) is 0. The number of amides is 1. The predicted molar refractivity (Wildman–Crippen MR) is 86.2 cm³/mol. The Labute approximate surface area is 130 Å². The molecule has 1 aromatic carbocycles. The van der Waals surface area contributed by atoms with Crippen LogP contribution in [-0.2, 0) is 0 Å². The van der Waals surface area contributed by atoms with Gasteiger partial charge in [0.2, 0.25) is 0 Å². The van der Waals surface area contributed by atoms with Crippen LogP contribution in [0.15, 0.2) is 53.7 Å². The Kier molecular flexibility index (Phi) is 2.80. The Morgan fingerprint density at radius 1 is 1.22 bits per heavy atom. The van der Waals surface area contributed by atoms with Gasteiger partial charge in [0, 0.05) is 31.0 Å². The molecule has 2 aliphatic rings. The summed E-state index contributed by atoms with van der Waals surface area (Å²) in [6.07, 6.45) is 4.95. The molecule has 1 amide bonds. The van der Waals surface area contributed by atoms with E-state index >= 15 is 0 Å². The smallest absolute Gasteiger partial charge is 0.325 e. The van der Waals surface area contributed by atoms with E-state index in [1.54, 1.807) is 25.6 Å². The molecule has 0 saturated carbocycles. The summed E-state index contributed by atoms with van der Waals surface area (Å²) in [7, 11) is 1.56. The van der Waals surface area contributed by atoms with Gasteiger partial charge in [-0.25, -0.2) is 4.79 Å². The molecule has 0 saturated heterocycles. The van der Waals surface area contributed by atoms with Crippen molar-refractivity contribution in [1.29, 1.82) is 0 Å². The van der Waals surface area contributed by atoms with Gasteiger partial charge in [-0.05, 0) is 12.1 Å². The zero-order valence-electron chi connectivity index (χ0n) is 12.3. The third-order valence-electron chi connectivity index (χ3n) is 3.78. The Balaban J connectivity index is 1.99. The second kappa shape index (κ2) is 4.84. The molecule has 23 heavy (non-hydrogen) atoms. The number of para-hydroxylation sites is 1. The highest BCUT2D eigenvalue weighted by molar-refractivity contribution is 5.95. The van der Waals surface area contributed by atoms with E-state index < -0.39 is 0 Å². The molecule has 0 unspecified atom stereocenters. The third kappa shape index (κ3) is 1.94. The van der Waals surface area contributed by atoms with Crippen LogP contribution in [0.2, 0.25) is 0 Å². The highest BCUT2D eigenvalue weighted by atomic mass is 16.2. The molecular formula is C16H13N5O2. The molecule has 1 aromatic heterocycles. The SMILES string of the molecule is CNC(=O)n1cc2[nH]cc3c(=O)n(-c4ccccc4)nc-3c2c1. The first-order chi connectivity index (χ1) is 11.2. The summed E-state index contributed by atoms with van der Waals surface area (Å²) in [4.78, 5) is 27.4. The summed E-state index contributed by atoms with van der Waals surface area (Å²) in [5, 5.41) is 7.72. The van der Waals surface area contributed by atoms with Crippen molar-refractivity contribution in [2.75, 3.05) is 7.05 Å². The zero-order chi connectivity index (χ0) is 16.0. The number of rotatable bonds is 1. The minimum atomic E-state index is -0.257. The first kappa shape index (κ1) is 13.3. The van der Waals surface area contributed by atoms with Gasteiger partial charge in [-0.15, -0.1) is 0 Å². The fourth-order valence-corrected chi connectivity index (χ4v) is 2.64. The largest absolute Gasteiger partial charge is 0.359 e. The topological polar surface area (TPSA) is 84.7 Å². The van der Waals surface area contributed by atoms with Gasteiger partial charge in [0.25, 0.3) is 5.56 Å². The van der Waals surface area contributed by atoms with Gasteiger partial charge in [-0.2, -0.15) is 9.78 Å². The van der Waals surface area contributed by atoms with Crippen LogP contribution < -0.4 is 10.9 Å². The zero-order valence-corrected chi connectivity index (χ0v) is 12.3. The van der Waals surface area contributed by atoms with Crippen LogP contribution in [0, 0.1) is 0 Å². The monoisotopic (exact) mass is 307 g/mol. The van der Waals surface area contributed by atoms with Crippen molar-refractivity contribution in [3.63, 3.8) is 0 Å². The molecule has 2 aromatic rings. The van der Waals surface area contributed by atoms with Gasteiger partial charge >= 0.3 is 6.03 Å². The van der Waals surface area contributed by atoms with Crippen LogP contribution in [-0.4, -0.2) is 32.4 Å². The number of hydrogen-bond donors (Lipinski definition) is 2. The molecule has 7 nitrogen and oxygen atoms in total. The summed E-state index contributed by atoms with van der Waals surface area (Å²) in [6, 6.07) is 8.98. The minimum absolute atomic E-state index is 0.197. The molecule has 2 aliphatic heterocycles. The summed E-state index contributed by atoms with van der Waals surface area (Å²) in [5.74, 6) is 0. The Bertz CT molecular complexity index is 1040. The van der Waals surface area contributed by atoms with Crippen molar-refractivity contribution in [2.45, 2.75) is 0 Å². The molecule has 0 atom stereocenters. The molecule has 3 heterocycles. The second-order valence-corrected chi connectivity index (χ2v) is 5.15. The molecule has 0 spiro atoms. The van der Waals surface area contributed by atoms with Crippen LogP contribution in [0.1, 0.15) is 0 Å². The van der Waals surface area contributed by atoms with E-state index in [2.05, 4.69) is 15.4 Å². The summed E-state index contributed by atoms with van der Waals surface area (Å²) < 4.78 is 2.79. The number of benzene rings is 1. The maximum absolute atomic E-state index is 12.6. The van der Waals surface area contributed by atoms with E-state index in [1.165, 1.54) is 9.25 Å². The average molecular weight is 307 g/mol.